The molecule has 90 valence electrons. The zero-order valence-corrected chi connectivity index (χ0v) is 10.3. The summed E-state index contributed by atoms with van der Waals surface area (Å²) in [5, 5.41) is 3.27. The molecule has 1 nitrogen and oxygen atoms in total. The molecule has 0 radical (unpaired) electrons. The highest BCUT2D eigenvalue weighted by atomic mass is 19.1. The summed E-state index contributed by atoms with van der Waals surface area (Å²) < 4.78 is 26.4. The molecule has 0 aromatic heterocycles. The molecule has 1 aromatic rings. The van der Waals surface area contributed by atoms with E-state index in [1.54, 1.807) is 0 Å². The van der Waals surface area contributed by atoms with Gasteiger partial charge >= 0.3 is 0 Å². The van der Waals surface area contributed by atoms with Crippen molar-refractivity contribution in [3.63, 3.8) is 0 Å². The molecule has 0 unspecified atom stereocenters. The second-order valence-electron chi connectivity index (χ2n) is 5.04. The van der Waals surface area contributed by atoms with Gasteiger partial charge in [0.15, 0.2) is 0 Å². The third-order valence-corrected chi connectivity index (χ3v) is 2.61. The summed E-state index contributed by atoms with van der Waals surface area (Å²) in [6.45, 7) is 8.62. The van der Waals surface area contributed by atoms with Gasteiger partial charge in [0.25, 0.3) is 0 Å². The second-order valence-corrected chi connectivity index (χ2v) is 5.04. The molecule has 0 heterocycles. The van der Waals surface area contributed by atoms with Crippen molar-refractivity contribution < 1.29 is 8.78 Å². The maximum Gasteiger partial charge on any atom is 0.129 e. The molecule has 0 aliphatic carbocycles. The minimum Gasteiger partial charge on any atom is -0.314 e. The van der Waals surface area contributed by atoms with Crippen molar-refractivity contribution in [3.8, 4) is 0 Å². The molecule has 0 amide bonds. The van der Waals surface area contributed by atoms with Gasteiger partial charge in [-0.2, -0.15) is 0 Å². The fraction of sp³-hybridized carbons (Fsp3) is 0.538. The average Bonchev–Trinajstić information content (AvgIpc) is 2.14. The summed E-state index contributed by atoms with van der Waals surface area (Å²) in [6.07, 6.45) is 0. The zero-order chi connectivity index (χ0) is 12.3. The second kappa shape index (κ2) is 4.91. The number of hydrogen-bond donors (Lipinski definition) is 1. The lowest BCUT2D eigenvalue weighted by Gasteiger charge is -2.27. The fourth-order valence-electron chi connectivity index (χ4n) is 1.59. The zero-order valence-electron chi connectivity index (χ0n) is 10.3. The van der Waals surface area contributed by atoms with Gasteiger partial charge in [-0.25, -0.2) is 8.78 Å². The van der Waals surface area contributed by atoms with Crippen LogP contribution in [0.15, 0.2) is 18.2 Å². The summed E-state index contributed by atoms with van der Waals surface area (Å²) >= 11 is 0. The molecule has 16 heavy (non-hydrogen) atoms. The van der Waals surface area contributed by atoms with E-state index in [9.17, 15) is 8.78 Å². The Morgan fingerprint density at radius 2 is 1.88 bits per heavy atom. The minimum atomic E-state index is -0.533. The summed E-state index contributed by atoms with van der Waals surface area (Å²) in [5.74, 6) is -1.01. The molecule has 0 atom stereocenters. The predicted octanol–water partition coefficient (Wildman–Crippen LogP) is 3.24. The van der Waals surface area contributed by atoms with Crippen LogP contribution in [0.5, 0.6) is 0 Å². The van der Waals surface area contributed by atoms with Gasteiger partial charge in [0, 0.05) is 24.1 Å². The van der Waals surface area contributed by atoms with E-state index in [1.807, 2.05) is 27.7 Å². The molecule has 3 heteroatoms. The molecular weight excluding hydrogens is 208 g/mol. The minimum absolute atomic E-state index is 0.345. The molecule has 1 aromatic carbocycles. The first-order valence-electron chi connectivity index (χ1n) is 5.52. The fourth-order valence-corrected chi connectivity index (χ4v) is 1.59. The Labute approximate surface area is 95.9 Å². The van der Waals surface area contributed by atoms with Crippen LogP contribution in [0.2, 0.25) is 0 Å². The van der Waals surface area contributed by atoms with Crippen LogP contribution in [0.4, 0.5) is 8.78 Å². The maximum absolute atomic E-state index is 13.6. The first-order valence-corrected chi connectivity index (χ1v) is 5.52. The lowest BCUT2D eigenvalue weighted by Crippen LogP contribution is -2.37. The first-order chi connectivity index (χ1) is 7.33. The third-order valence-electron chi connectivity index (χ3n) is 2.61. The van der Waals surface area contributed by atoms with Crippen molar-refractivity contribution in [2.45, 2.75) is 39.2 Å². The van der Waals surface area contributed by atoms with E-state index >= 15 is 0 Å². The Balaban J connectivity index is 2.88. The van der Waals surface area contributed by atoms with Gasteiger partial charge in [-0.05, 0) is 11.6 Å². The van der Waals surface area contributed by atoms with E-state index in [-0.39, 0.29) is 5.41 Å². The van der Waals surface area contributed by atoms with Crippen LogP contribution in [0, 0.1) is 11.6 Å². The molecule has 0 spiro atoms. The lowest BCUT2D eigenvalue weighted by atomic mass is 9.84. The van der Waals surface area contributed by atoms with Gasteiger partial charge in [-0.3, -0.25) is 0 Å². The number of rotatable bonds is 4. The van der Waals surface area contributed by atoms with Crippen LogP contribution < -0.4 is 5.32 Å². The maximum atomic E-state index is 13.6. The molecule has 0 saturated carbocycles. The van der Waals surface area contributed by atoms with Crippen molar-refractivity contribution in [3.05, 3.63) is 35.4 Å². The van der Waals surface area contributed by atoms with Crippen LogP contribution in [0.1, 0.15) is 33.3 Å². The molecule has 1 N–H and O–H groups in total. The summed E-state index contributed by atoms with van der Waals surface area (Å²) in [5.41, 5.74) is 0.198. The third kappa shape index (κ3) is 3.27. The monoisotopic (exact) mass is 227 g/mol. The summed E-state index contributed by atoms with van der Waals surface area (Å²) in [6, 6.07) is 4.11. The van der Waals surface area contributed by atoms with E-state index in [2.05, 4.69) is 5.32 Å². The van der Waals surface area contributed by atoms with Crippen molar-refractivity contribution in [2.24, 2.45) is 0 Å². The van der Waals surface area contributed by atoms with Crippen LogP contribution in [0.25, 0.3) is 0 Å². The normalized spacial score (nSPS) is 12.2. The quantitative estimate of drug-likeness (QED) is 0.832. The van der Waals surface area contributed by atoms with Crippen LogP contribution in [-0.2, 0) is 5.41 Å². The van der Waals surface area contributed by atoms with E-state index in [0.29, 0.717) is 18.2 Å². The smallest absolute Gasteiger partial charge is 0.129 e. The van der Waals surface area contributed by atoms with Crippen LogP contribution >= 0.6 is 0 Å². The van der Waals surface area contributed by atoms with Gasteiger partial charge in [0.2, 0.25) is 0 Å². The predicted molar refractivity (Wildman–Crippen MR) is 62.5 cm³/mol. The summed E-state index contributed by atoms with van der Waals surface area (Å²) in [7, 11) is 0. The van der Waals surface area contributed by atoms with E-state index in [1.165, 1.54) is 12.1 Å². The number of nitrogens with one attached hydrogen (secondary N) is 1. The largest absolute Gasteiger partial charge is 0.314 e. The topological polar surface area (TPSA) is 12.0 Å². The number of halogens is 2. The van der Waals surface area contributed by atoms with Crippen molar-refractivity contribution in [1.29, 1.82) is 0 Å². The highest BCUT2D eigenvalue weighted by Crippen LogP contribution is 2.25. The molecule has 0 aliphatic rings. The molecular formula is C13H19F2N. The van der Waals surface area contributed by atoms with E-state index in [4.69, 9.17) is 0 Å². The first kappa shape index (κ1) is 13.1. The number of hydrogen-bond acceptors (Lipinski definition) is 1. The lowest BCUT2D eigenvalue weighted by molar-refractivity contribution is 0.421. The SMILES string of the molecule is CC(C)NCC(C)(C)c1ccc(F)cc1F. The molecule has 0 bridgehead atoms. The van der Waals surface area contributed by atoms with Crippen LogP contribution in [-0.4, -0.2) is 12.6 Å². The molecule has 0 saturated heterocycles. The highest BCUT2D eigenvalue weighted by Gasteiger charge is 2.24. The Hall–Kier alpha value is -0.960. The van der Waals surface area contributed by atoms with Gasteiger partial charge in [-0.15, -0.1) is 0 Å². The van der Waals surface area contributed by atoms with Crippen molar-refractivity contribution in [2.75, 3.05) is 6.54 Å². The van der Waals surface area contributed by atoms with E-state index < -0.39 is 11.6 Å². The Kier molecular flexibility index (Phi) is 4.03. The standard InChI is InChI=1S/C13H19F2N/c1-9(2)16-8-13(3,4)11-6-5-10(14)7-12(11)15/h5-7,9,16H,8H2,1-4H3. The van der Waals surface area contributed by atoms with Gasteiger partial charge < -0.3 is 5.32 Å². The Bertz CT molecular complexity index is 359. The molecule has 0 fully saturated rings. The van der Waals surface area contributed by atoms with Crippen LogP contribution in [0.3, 0.4) is 0 Å². The highest BCUT2D eigenvalue weighted by molar-refractivity contribution is 5.26. The van der Waals surface area contributed by atoms with Crippen molar-refractivity contribution >= 4 is 0 Å². The Morgan fingerprint density at radius 1 is 1.25 bits per heavy atom. The average molecular weight is 227 g/mol. The Morgan fingerprint density at radius 3 is 2.38 bits per heavy atom. The molecule has 0 aliphatic heterocycles. The van der Waals surface area contributed by atoms with E-state index in [0.717, 1.165) is 6.07 Å². The van der Waals surface area contributed by atoms with Gasteiger partial charge in [0.05, 0.1) is 0 Å². The molecule has 1 rings (SSSR count). The van der Waals surface area contributed by atoms with Gasteiger partial charge in [-0.1, -0.05) is 33.8 Å². The van der Waals surface area contributed by atoms with Crippen molar-refractivity contribution in [1.82, 2.24) is 5.32 Å². The van der Waals surface area contributed by atoms with Gasteiger partial charge in [0.1, 0.15) is 11.6 Å². The number of benzene rings is 1. The summed E-state index contributed by atoms with van der Waals surface area (Å²) in [4.78, 5) is 0.